The summed E-state index contributed by atoms with van der Waals surface area (Å²) in [7, 11) is 0. The van der Waals surface area contributed by atoms with Gasteiger partial charge in [0.2, 0.25) is 11.8 Å². The number of nitrogens with zero attached hydrogens (tertiary/aromatic N) is 2. The standard InChI is InChI=1S/C10H7FIN3O/c11-6-5-14-10(13)15-9(6)16-8-4-2-1-3-7(8)12/h1-5H,(H2,13,14,15). The summed E-state index contributed by atoms with van der Waals surface area (Å²) in [6, 6.07) is 7.22. The quantitative estimate of drug-likeness (QED) is 0.860. The van der Waals surface area contributed by atoms with Crippen molar-refractivity contribution in [2.24, 2.45) is 0 Å². The molecule has 82 valence electrons. The van der Waals surface area contributed by atoms with Gasteiger partial charge in [-0.2, -0.15) is 9.37 Å². The van der Waals surface area contributed by atoms with Crippen LogP contribution in [-0.4, -0.2) is 9.97 Å². The third-order valence-corrected chi connectivity index (χ3v) is 2.67. The van der Waals surface area contributed by atoms with E-state index in [2.05, 4.69) is 32.6 Å². The van der Waals surface area contributed by atoms with E-state index in [1.165, 1.54) is 0 Å². The van der Waals surface area contributed by atoms with Gasteiger partial charge in [-0.3, -0.25) is 0 Å². The first-order chi connectivity index (χ1) is 7.66. The summed E-state index contributed by atoms with van der Waals surface area (Å²) in [6.07, 6.45) is 0.980. The number of halogens is 2. The van der Waals surface area contributed by atoms with Gasteiger partial charge < -0.3 is 10.5 Å². The topological polar surface area (TPSA) is 61.0 Å². The lowest BCUT2D eigenvalue weighted by Gasteiger charge is -2.07. The molecular formula is C10H7FIN3O. The maximum atomic E-state index is 13.3. The minimum Gasteiger partial charge on any atom is -0.435 e. The van der Waals surface area contributed by atoms with Crippen molar-refractivity contribution in [3.05, 3.63) is 39.8 Å². The van der Waals surface area contributed by atoms with E-state index in [1.54, 1.807) is 12.1 Å². The largest absolute Gasteiger partial charge is 0.435 e. The Morgan fingerprint density at radius 1 is 1.31 bits per heavy atom. The molecule has 1 aromatic carbocycles. The molecular weight excluding hydrogens is 324 g/mol. The molecule has 0 aliphatic rings. The normalized spacial score (nSPS) is 10.1. The van der Waals surface area contributed by atoms with Crippen molar-refractivity contribution < 1.29 is 9.13 Å². The fourth-order valence-corrected chi connectivity index (χ4v) is 1.57. The molecule has 0 bridgehead atoms. The third-order valence-electron chi connectivity index (χ3n) is 1.77. The van der Waals surface area contributed by atoms with Crippen LogP contribution in [0.2, 0.25) is 0 Å². The first kappa shape index (κ1) is 11.1. The Bertz CT molecular complexity index is 521. The molecule has 1 aromatic heterocycles. The zero-order valence-electron chi connectivity index (χ0n) is 8.02. The number of aromatic nitrogens is 2. The molecule has 2 aromatic rings. The molecule has 0 saturated heterocycles. The van der Waals surface area contributed by atoms with Gasteiger partial charge in [-0.1, -0.05) is 12.1 Å². The Hall–Kier alpha value is -1.44. The third kappa shape index (κ3) is 2.38. The number of anilines is 1. The van der Waals surface area contributed by atoms with Crippen molar-refractivity contribution in [1.29, 1.82) is 0 Å². The molecule has 0 fully saturated rings. The Morgan fingerprint density at radius 2 is 2.06 bits per heavy atom. The SMILES string of the molecule is Nc1ncc(F)c(Oc2ccccc2I)n1. The van der Waals surface area contributed by atoms with Gasteiger partial charge in [0, 0.05) is 0 Å². The maximum Gasteiger partial charge on any atom is 0.260 e. The lowest BCUT2D eigenvalue weighted by atomic mass is 10.3. The second-order valence-corrected chi connectivity index (χ2v) is 4.08. The highest BCUT2D eigenvalue weighted by molar-refractivity contribution is 14.1. The molecule has 4 nitrogen and oxygen atoms in total. The monoisotopic (exact) mass is 331 g/mol. The smallest absolute Gasteiger partial charge is 0.260 e. The summed E-state index contributed by atoms with van der Waals surface area (Å²) in [5.41, 5.74) is 5.35. The average Bonchev–Trinajstić information content (AvgIpc) is 2.27. The fraction of sp³-hybridized carbons (Fsp3) is 0. The molecule has 0 amide bonds. The van der Waals surface area contributed by atoms with E-state index in [-0.39, 0.29) is 11.8 Å². The van der Waals surface area contributed by atoms with Gasteiger partial charge in [-0.25, -0.2) is 4.98 Å². The van der Waals surface area contributed by atoms with Crippen molar-refractivity contribution >= 4 is 28.5 Å². The van der Waals surface area contributed by atoms with Crippen LogP contribution in [0.15, 0.2) is 30.5 Å². The molecule has 0 spiro atoms. The first-order valence-electron chi connectivity index (χ1n) is 4.37. The molecule has 2 rings (SSSR count). The van der Waals surface area contributed by atoms with Crippen molar-refractivity contribution in [3.8, 4) is 11.6 Å². The van der Waals surface area contributed by atoms with E-state index in [0.717, 1.165) is 9.77 Å². The highest BCUT2D eigenvalue weighted by Crippen LogP contribution is 2.26. The molecule has 0 unspecified atom stereocenters. The number of ether oxygens (including phenoxy) is 1. The number of para-hydroxylation sites is 1. The van der Waals surface area contributed by atoms with Gasteiger partial charge in [0.15, 0.2) is 0 Å². The summed E-state index contributed by atoms with van der Waals surface area (Å²) in [5, 5.41) is 0. The second-order valence-electron chi connectivity index (χ2n) is 2.91. The minimum absolute atomic E-state index is 0.0256. The van der Waals surface area contributed by atoms with Crippen LogP contribution in [0, 0.1) is 9.39 Å². The Balaban J connectivity index is 2.34. The predicted molar refractivity (Wildman–Crippen MR) is 65.6 cm³/mol. The molecule has 1 heterocycles. The zero-order chi connectivity index (χ0) is 11.5. The number of rotatable bonds is 2. The molecule has 0 radical (unpaired) electrons. The van der Waals surface area contributed by atoms with E-state index in [1.807, 2.05) is 12.1 Å². The van der Waals surface area contributed by atoms with E-state index in [4.69, 9.17) is 10.5 Å². The second kappa shape index (κ2) is 4.60. The zero-order valence-corrected chi connectivity index (χ0v) is 10.2. The van der Waals surface area contributed by atoms with Crippen LogP contribution in [0.25, 0.3) is 0 Å². The minimum atomic E-state index is -0.645. The number of benzene rings is 1. The number of nitrogen functional groups attached to an aromatic ring is 1. The van der Waals surface area contributed by atoms with E-state index >= 15 is 0 Å². The summed E-state index contributed by atoms with van der Waals surface area (Å²) >= 11 is 2.09. The van der Waals surface area contributed by atoms with Gasteiger partial charge in [-0.05, 0) is 34.7 Å². The molecule has 6 heteroatoms. The van der Waals surface area contributed by atoms with Crippen LogP contribution < -0.4 is 10.5 Å². The first-order valence-corrected chi connectivity index (χ1v) is 5.45. The van der Waals surface area contributed by atoms with Gasteiger partial charge in [0.1, 0.15) is 5.75 Å². The van der Waals surface area contributed by atoms with E-state index in [9.17, 15) is 4.39 Å². The van der Waals surface area contributed by atoms with Crippen LogP contribution in [-0.2, 0) is 0 Å². The van der Waals surface area contributed by atoms with Gasteiger partial charge in [-0.15, -0.1) is 0 Å². The van der Waals surface area contributed by atoms with Crippen LogP contribution in [0.3, 0.4) is 0 Å². The van der Waals surface area contributed by atoms with Crippen LogP contribution in [0.5, 0.6) is 11.6 Å². The molecule has 0 aliphatic carbocycles. The molecule has 2 N–H and O–H groups in total. The molecule has 0 saturated carbocycles. The molecule has 0 aliphatic heterocycles. The Kier molecular flexibility index (Phi) is 3.18. The maximum absolute atomic E-state index is 13.3. The lowest BCUT2D eigenvalue weighted by molar-refractivity contribution is 0.418. The summed E-state index contributed by atoms with van der Waals surface area (Å²) in [5.74, 6) is -0.312. The fourth-order valence-electron chi connectivity index (χ4n) is 1.07. The van der Waals surface area contributed by atoms with Crippen molar-refractivity contribution in [3.63, 3.8) is 0 Å². The summed E-state index contributed by atoms with van der Waals surface area (Å²) < 4.78 is 19.4. The summed E-state index contributed by atoms with van der Waals surface area (Å²) in [4.78, 5) is 7.19. The lowest BCUT2D eigenvalue weighted by Crippen LogP contribution is -1.99. The van der Waals surface area contributed by atoms with Crippen molar-refractivity contribution in [2.45, 2.75) is 0 Å². The highest BCUT2D eigenvalue weighted by Gasteiger charge is 2.09. The Labute approximate surface area is 105 Å². The van der Waals surface area contributed by atoms with Gasteiger partial charge in [0.05, 0.1) is 9.77 Å². The number of hydrogen-bond donors (Lipinski definition) is 1. The van der Waals surface area contributed by atoms with Gasteiger partial charge in [0.25, 0.3) is 5.88 Å². The highest BCUT2D eigenvalue weighted by atomic mass is 127. The number of nitrogens with two attached hydrogens (primary N) is 1. The predicted octanol–water partition coefficient (Wildman–Crippen LogP) is 2.59. The number of hydrogen-bond acceptors (Lipinski definition) is 4. The van der Waals surface area contributed by atoms with E-state index < -0.39 is 5.82 Å². The van der Waals surface area contributed by atoms with Gasteiger partial charge >= 0.3 is 0 Å². The van der Waals surface area contributed by atoms with Crippen LogP contribution in [0.4, 0.5) is 10.3 Å². The van der Waals surface area contributed by atoms with Crippen LogP contribution >= 0.6 is 22.6 Å². The van der Waals surface area contributed by atoms with Crippen molar-refractivity contribution in [1.82, 2.24) is 9.97 Å². The summed E-state index contributed by atoms with van der Waals surface area (Å²) in [6.45, 7) is 0. The molecule has 0 atom stereocenters. The van der Waals surface area contributed by atoms with E-state index in [0.29, 0.717) is 5.75 Å². The van der Waals surface area contributed by atoms with Crippen molar-refractivity contribution in [2.75, 3.05) is 5.73 Å². The van der Waals surface area contributed by atoms with Crippen LogP contribution in [0.1, 0.15) is 0 Å². The molecule has 16 heavy (non-hydrogen) atoms. The Morgan fingerprint density at radius 3 is 2.81 bits per heavy atom. The average molecular weight is 331 g/mol.